The normalized spacial score (nSPS) is 13.2. The van der Waals surface area contributed by atoms with Crippen LogP contribution in [0.2, 0.25) is 0 Å². The molecule has 2 aromatic carbocycles. The standard InChI is InChI=1S/C21H23NO3S/c1-16-6-4-7-17(12-16)14-26-15-21(24)25-13-20(23)22-11-5-9-18-8-2-3-10-19(18)22/h2-4,6-8,10,12H,5,9,11,13-15H2,1H3. The number of carbonyl (C=O) groups excluding carboxylic acids is 2. The van der Waals surface area contributed by atoms with Crippen LogP contribution in [-0.4, -0.2) is 30.8 Å². The van der Waals surface area contributed by atoms with Crippen LogP contribution in [0, 0.1) is 6.92 Å². The van der Waals surface area contributed by atoms with Crippen molar-refractivity contribution in [3.05, 3.63) is 65.2 Å². The summed E-state index contributed by atoms with van der Waals surface area (Å²) >= 11 is 1.50. The zero-order chi connectivity index (χ0) is 18.4. The Morgan fingerprint density at radius 1 is 1.15 bits per heavy atom. The van der Waals surface area contributed by atoms with E-state index in [9.17, 15) is 9.59 Å². The Kier molecular flexibility index (Phi) is 6.34. The van der Waals surface area contributed by atoms with E-state index in [2.05, 4.69) is 6.07 Å². The van der Waals surface area contributed by atoms with Gasteiger partial charge >= 0.3 is 5.97 Å². The molecule has 3 rings (SSSR count). The summed E-state index contributed by atoms with van der Waals surface area (Å²) in [6, 6.07) is 16.1. The third kappa shape index (κ3) is 4.88. The van der Waals surface area contributed by atoms with Crippen LogP contribution in [-0.2, 0) is 26.5 Å². The Morgan fingerprint density at radius 3 is 2.85 bits per heavy atom. The van der Waals surface area contributed by atoms with Gasteiger partial charge in [-0.3, -0.25) is 9.59 Å². The minimum atomic E-state index is -0.346. The molecule has 0 spiro atoms. The molecule has 0 fully saturated rings. The average molecular weight is 369 g/mol. The number of benzene rings is 2. The van der Waals surface area contributed by atoms with Crippen molar-refractivity contribution in [1.82, 2.24) is 0 Å². The number of thioether (sulfide) groups is 1. The molecule has 26 heavy (non-hydrogen) atoms. The van der Waals surface area contributed by atoms with Crippen LogP contribution in [0.25, 0.3) is 0 Å². The van der Waals surface area contributed by atoms with Crippen molar-refractivity contribution in [2.24, 2.45) is 0 Å². The number of hydrogen-bond donors (Lipinski definition) is 0. The molecule has 0 aromatic heterocycles. The smallest absolute Gasteiger partial charge is 0.316 e. The van der Waals surface area contributed by atoms with Crippen molar-refractivity contribution in [2.45, 2.75) is 25.5 Å². The number of ether oxygens (including phenoxy) is 1. The second-order valence-corrected chi connectivity index (χ2v) is 7.41. The summed E-state index contributed by atoms with van der Waals surface area (Å²) in [5, 5.41) is 0. The molecular formula is C21H23NO3S. The highest BCUT2D eigenvalue weighted by molar-refractivity contribution is 7.99. The van der Waals surface area contributed by atoms with Crippen LogP contribution in [0.15, 0.2) is 48.5 Å². The van der Waals surface area contributed by atoms with E-state index in [4.69, 9.17) is 4.74 Å². The van der Waals surface area contributed by atoms with E-state index < -0.39 is 0 Å². The molecule has 2 aromatic rings. The van der Waals surface area contributed by atoms with Gasteiger partial charge in [0.2, 0.25) is 0 Å². The van der Waals surface area contributed by atoms with Gasteiger partial charge in [0.25, 0.3) is 5.91 Å². The van der Waals surface area contributed by atoms with E-state index in [1.807, 2.05) is 49.4 Å². The van der Waals surface area contributed by atoms with E-state index >= 15 is 0 Å². The lowest BCUT2D eigenvalue weighted by atomic mass is 10.0. The van der Waals surface area contributed by atoms with Gasteiger partial charge in [-0.25, -0.2) is 0 Å². The van der Waals surface area contributed by atoms with Gasteiger partial charge in [-0.05, 0) is 37.0 Å². The molecular weight excluding hydrogens is 346 g/mol. The highest BCUT2D eigenvalue weighted by atomic mass is 32.2. The molecule has 0 saturated heterocycles. The monoisotopic (exact) mass is 369 g/mol. The van der Waals surface area contributed by atoms with Gasteiger partial charge in [-0.2, -0.15) is 0 Å². The topological polar surface area (TPSA) is 46.6 Å². The molecule has 0 N–H and O–H groups in total. The quantitative estimate of drug-likeness (QED) is 0.728. The molecule has 4 nitrogen and oxygen atoms in total. The SMILES string of the molecule is Cc1cccc(CSCC(=O)OCC(=O)N2CCCc3ccccc32)c1. The first-order valence-corrected chi connectivity index (χ1v) is 9.96. The van der Waals surface area contributed by atoms with Gasteiger partial charge in [-0.15, -0.1) is 11.8 Å². The van der Waals surface area contributed by atoms with Crippen LogP contribution < -0.4 is 4.90 Å². The Bertz CT molecular complexity index is 790. The van der Waals surface area contributed by atoms with Crippen molar-refractivity contribution in [2.75, 3.05) is 23.8 Å². The number of carbonyl (C=O) groups is 2. The summed E-state index contributed by atoms with van der Waals surface area (Å²) in [6.07, 6.45) is 1.92. The molecule has 0 radical (unpaired) electrons. The number of fused-ring (bicyclic) bond motifs is 1. The van der Waals surface area contributed by atoms with Gasteiger partial charge in [0, 0.05) is 18.0 Å². The number of aryl methyl sites for hydroxylation is 2. The largest absolute Gasteiger partial charge is 0.455 e. The van der Waals surface area contributed by atoms with Crippen molar-refractivity contribution in [3.8, 4) is 0 Å². The number of anilines is 1. The van der Waals surface area contributed by atoms with Crippen molar-refractivity contribution in [1.29, 1.82) is 0 Å². The van der Waals surface area contributed by atoms with E-state index in [0.29, 0.717) is 6.54 Å². The Labute approximate surface area is 158 Å². The molecule has 0 saturated carbocycles. The molecule has 1 aliphatic rings. The van der Waals surface area contributed by atoms with Gasteiger partial charge in [-0.1, -0.05) is 48.0 Å². The lowest BCUT2D eigenvalue weighted by Crippen LogP contribution is -2.38. The first-order chi connectivity index (χ1) is 12.6. The summed E-state index contributed by atoms with van der Waals surface area (Å²) in [4.78, 5) is 26.1. The number of amides is 1. The maximum absolute atomic E-state index is 12.4. The second kappa shape index (κ2) is 8.90. The third-order valence-corrected chi connectivity index (χ3v) is 5.32. The van der Waals surface area contributed by atoms with E-state index in [1.165, 1.54) is 28.5 Å². The molecule has 1 heterocycles. The predicted octanol–water partition coefficient (Wildman–Crippen LogP) is 3.75. The number of para-hydroxylation sites is 1. The minimum Gasteiger partial charge on any atom is -0.455 e. The number of hydrogen-bond acceptors (Lipinski definition) is 4. The Hall–Kier alpha value is -2.27. The maximum atomic E-state index is 12.4. The lowest BCUT2D eigenvalue weighted by Gasteiger charge is -2.29. The third-order valence-electron chi connectivity index (χ3n) is 4.34. The van der Waals surface area contributed by atoms with Gasteiger partial charge in [0.1, 0.15) is 0 Å². The molecule has 0 aliphatic carbocycles. The summed E-state index contributed by atoms with van der Waals surface area (Å²) in [7, 11) is 0. The van der Waals surface area contributed by atoms with Crippen molar-refractivity contribution in [3.63, 3.8) is 0 Å². The first-order valence-electron chi connectivity index (χ1n) is 8.80. The van der Waals surface area contributed by atoms with Crippen LogP contribution in [0.1, 0.15) is 23.1 Å². The molecule has 5 heteroatoms. The fourth-order valence-corrected chi connectivity index (χ4v) is 3.88. The fourth-order valence-electron chi connectivity index (χ4n) is 3.11. The van der Waals surface area contributed by atoms with Crippen LogP contribution in [0.3, 0.4) is 0 Å². The zero-order valence-electron chi connectivity index (χ0n) is 14.9. The zero-order valence-corrected chi connectivity index (χ0v) is 15.8. The Balaban J connectivity index is 1.44. The average Bonchev–Trinajstić information content (AvgIpc) is 2.66. The van der Waals surface area contributed by atoms with E-state index in [0.717, 1.165) is 24.3 Å². The highest BCUT2D eigenvalue weighted by Crippen LogP contribution is 2.26. The highest BCUT2D eigenvalue weighted by Gasteiger charge is 2.22. The Morgan fingerprint density at radius 2 is 2.00 bits per heavy atom. The summed E-state index contributed by atoms with van der Waals surface area (Å²) in [5.41, 5.74) is 4.50. The lowest BCUT2D eigenvalue weighted by molar-refractivity contribution is -0.145. The minimum absolute atomic E-state index is 0.158. The van der Waals surface area contributed by atoms with Gasteiger partial charge < -0.3 is 9.64 Å². The number of nitrogens with zero attached hydrogens (tertiary/aromatic N) is 1. The maximum Gasteiger partial charge on any atom is 0.316 e. The summed E-state index contributed by atoms with van der Waals surface area (Å²) in [6.45, 7) is 2.53. The molecule has 0 bridgehead atoms. The molecule has 1 amide bonds. The second-order valence-electron chi connectivity index (χ2n) is 6.42. The number of rotatable bonds is 6. The van der Waals surface area contributed by atoms with Gasteiger partial charge in [0.15, 0.2) is 6.61 Å². The van der Waals surface area contributed by atoms with Crippen LogP contribution in [0.4, 0.5) is 5.69 Å². The van der Waals surface area contributed by atoms with Crippen LogP contribution >= 0.6 is 11.8 Å². The van der Waals surface area contributed by atoms with Crippen molar-refractivity contribution < 1.29 is 14.3 Å². The van der Waals surface area contributed by atoms with E-state index in [1.54, 1.807) is 4.90 Å². The summed E-state index contributed by atoms with van der Waals surface area (Å²) < 4.78 is 5.18. The predicted molar refractivity (Wildman–Crippen MR) is 105 cm³/mol. The fraction of sp³-hybridized carbons (Fsp3) is 0.333. The molecule has 0 atom stereocenters. The van der Waals surface area contributed by atoms with Gasteiger partial charge in [0.05, 0.1) is 5.75 Å². The first kappa shape index (κ1) is 18.5. The number of esters is 1. The van der Waals surface area contributed by atoms with Crippen molar-refractivity contribution >= 4 is 29.3 Å². The molecule has 0 unspecified atom stereocenters. The molecule has 1 aliphatic heterocycles. The molecule has 136 valence electrons. The van der Waals surface area contributed by atoms with Crippen LogP contribution in [0.5, 0.6) is 0 Å². The van der Waals surface area contributed by atoms with E-state index in [-0.39, 0.29) is 24.2 Å². The summed E-state index contributed by atoms with van der Waals surface area (Å²) in [5.74, 6) is 0.498.